The van der Waals surface area contributed by atoms with Gasteiger partial charge in [0.2, 0.25) is 0 Å². The van der Waals surface area contributed by atoms with Crippen LogP contribution in [0.15, 0.2) is 42.5 Å². The molecule has 2 bridgehead atoms. The summed E-state index contributed by atoms with van der Waals surface area (Å²) < 4.78 is 33.1. The van der Waals surface area contributed by atoms with Crippen molar-refractivity contribution in [2.24, 2.45) is 0 Å². The highest BCUT2D eigenvalue weighted by atomic mass is 35.5. The second-order valence-electron chi connectivity index (χ2n) is 12.3. The minimum absolute atomic E-state index is 0.0329. The number of benzene rings is 3. The largest absolute Gasteiger partial charge is 0.478 e. The molecule has 46 heavy (non-hydrogen) atoms. The second kappa shape index (κ2) is 12.6. The van der Waals surface area contributed by atoms with Crippen molar-refractivity contribution in [3.8, 4) is 16.9 Å². The van der Waals surface area contributed by atoms with Crippen LogP contribution in [0, 0.1) is 5.82 Å². The molecule has 0 aromatic heterocycles. The Kier molecular flexibility index (Phi) is 8.48. The summed E-state index contributed by atoms with van der Waals surface area (Å²) in [5, 5.41) is 10.5. The first-order valence-corrected chi connectivity index (χ1v) is 16.2. The molecule has 3 aromatic carbocycles. The number of carboxylic acids is 1. The molecule has 4 aliphatic heterocycles. The standard InChI is InChI=1S/C34H34Cl2FN3O6/c1-44-23-5-3-9-38(15-23)22-10-27(35)31(28(36)11-22)33(41)39-14-19-4-2-6-24(32(19)46-18-39)25-13-30(26(34(42)43)12-29(25)37)40-20-7-8-21(40)17-45-16-20/h2,4,6,10-13,20-21,23H,3,5,7-9,14-18H2,1H3,(H,42,43). The molecule has 3 aromatic rings. The molecule has 7 rings (SSSR count). The molecule has 1 amide bonds. The van der Waals surface area contributed by atoms with Crippen LogP contribution in [0.4, 0.5) is 15.8 Å². The topological polar surface area (TPSA) is 91.8 Å². The predicted octanol–water partition coefficient (Wildman–Crippen LogP) is 6.47. The van der Waals surface area contributed by atoms with Gasteiger partial charge in [-0.25, -0.2) is 9.18 Å². The van der Waals surface area contributed by atoms with Crippen LogP contribution in [0.2, 0.25) is 10.0 Å². The Morgan fingerprint density at radius 3 is 2.46 bits per heavy atom. The Bertz CT molecular complexity index is 1670. The number of hydrogen-bond donors (Lipinski definition) is 1. The molecule has 4 heterocycles. The zero-order valence-electron chi connectivity index (χ0n) is 25.3. The highest BCUT2D eigenvalue weighted by Crippen LogP contribution is 2.43. The van der Waals surface area contributed by atoms with E-state index in [-0.39, 0.29) is 64.1 Å². The van der Waals surface area contributed by atoms with Crippen molar-refractivity contribution >= 4 is 46.5 Å². The average molecular weight is 671 g/mol. The van der Waals surface area contributed by atoms with Gasteiger partial charge < -0.3 is 34.0 Å². The molecule has 12 heteroatoms. The number of piperidine rings is 1. The first-order valence-electron chi connectivity index (χ1n) is 15.5. The molecule has 0 aliphatic carbocycles. The monoisotopic (exact) mass is 669 g/mol. The number of methoxy groups -OCH3 is 1. The highest BCUT2D eigenvalue weighted by molar-refractivity contribution is 6.40. The molecule has 0 radical (unpaired) electrons. The number of carboxylic acid groups (broad SMARTS) is 1. The SMILES string of the molecule is COC1CCCN(c2cc(Cl)c(C(=O)N3COc4c(cccc4-c4cc(N5C6CCC5COC6)c(C(=O)O)cc4F)C3)c(Cl)c2)C1. The van der Waals surface area contributed by atoms with Gasteiger partial charge >= 0.3 is 5.97 Å². The summed E-state index contributed by atoms with van der Waals surface area (Å²) >= 11 is 13.3. The molecule has 3 unspecified atom stereocenters. The third kappa shape index (κ3) is 5.55. The molecule has 9 nitrogen and oxygen atoms in total. The number of ether oxygens (including phenoxy) is 3. The minimum atomic E-state index is -1.19. The van der Waals surface area contributed by atoms with Crippen LogP contribution in [0.5, 0.6) is 5.75 Å². The number of para-hydroxylation sites is 1. The summed E-state index contributed by atoms with van der Waals surface area (Å²) in [5.41, 5.74) is 2.81. The molecule has 0 spiro atoms. The van der Waals surface area contributed by atoms with Crippen molar-refractivity contribution in [1.82, 2.24) is 4.90 Å². The Balaban J connectivity index is 1.17. The zero-order chi connectivity index (χ0) is 32.1. The molecule has 3 atom stereocenters. The van der Waals surface area contributed by atoms with Crippen LogP contribution in [0.1, 0.15) is 52.0 Å². The molecule has 4 aliphatic rings. The van der Waals surface area contributed by atoms with E-state index in [2.05, 4.69) is 9.80 Å². The van der Waals surface area contributed by atoms with Crippen LogP contribution in [0.25, 0.3) is 11.1 Å². The average Bonchev–Trinajstić information content (AvgIpc) is 3.30. The number of carbonyl (C=O) groups is 2. The van der Waals surface area contributed by atoms with Gasteiger partial charge in [0.25, 0.3) is 5.91 Å². The number of nitrogens with zero attached hydrogens (tertiary/aromatic N) is 3. The van der Waals surface area contributed by atoms with Crippen molar-refractivity contribution in [1.29, 1.82) is 0 Å². The Morgan fingerprint density at radius 2 is 1.76 bits per heavy atom. The van der Waals surface area contributed by atoms with Gasteiger partial charge in [-0.3, -0.25) is 4.79 Å². The van der Waals surface area contributed by atoms with Crippen molar-refractivity contribution in [3.05, 3.63) is 75.0 Å². The van der Waals surface area contributed by atoms with Gasteiger partial charge in [-0.05, 0) is 49.9 Å². The van der Waals surface area contributed by atoms with E-state index in [4.69, 9.17) is 37.4 Å². The normalized spacial score (nSPS) is 22.4. The summed E-state index contributed by atoms with van der Waals surface area (Å²) in [6.45, 7) is 2.64. The quantitative estimate of drug-likeness (QED) is 0.319. The fourth-order valence-electron chi connectivity index (χ4n) is 7.26. The number of hydrogen-bond acceptors (Lipinski definition) is 7. The lowest BCUT2D eigenvalue weighted by Crippen LogP contribution is -2.46. The predicted molar refractivity (Wildman–Crippen MR) is 173 cm³/mol. The number of fused-ring (bicyclic) bond motifs is 3. The van der Waals surface area contributed by atoms with Gasteiger partial charge in [-0.1, -0.05) is 41.4 Å². The van der Waals surface area contributed by atoms with Gasteiger partial charge in [0.05, 0.1) is 64.8 Å². The Morgan fingerprint density at radius 1 is 1.02 bits per heavy atom. The molecule has 242 valence electrons. The lowest BCUT2D eigenvalue weighted by atomic mass is 9.96. The smallest absolute Gasteiger partial charge is 0.337 e. The third-order valence-corrected chi connectivity index (χ3v) is 10.1. The van der Waals surface area contributed by atoms with E-state index in [9.17, 15) is 14.7 Å². The van der Waals surface area contributed by atoms with E-state index in [0.717, 1.165) is 44.0 Å². The van der Waals surface area contributed by atoms with Gasteiger partial charge in [-0.2, -0.15) is 0 Å². The maximum Gasteiger partial charge on any atom is 0.337 e. The van der Waals surface area contributed by atoms with E-state index in [1.807, 2.05) is 6.07 Å². The van der Waals surface area contributed by atoms with E-state index in [0.29, 0.717) is 42.3 Å². The van der Waals surface area contributed by atoms with Gasteiger partial charge in [0.15, 0.2) is 6.73 Å². The van der Waals surface area contributed by atoms with Crippen molar-refractivity contribution < 1.29 is 33.3 Å². The number of rotatable bonds is 6. The van der Waals surface area contributed by atoms with Crippen LogP contribution in [-0.4, -0.2) is 80.2 Å². The molecule has 0 saturated carbocycles. The van der Waals surface area contributed by atoms with Crippen molar-refractivity contribution in [3.63, 3.8) is 0 Å². The summed E-state index contributed by atoms with van der Waals surface area (Å²) in [6, 6.07) is 11.6. The maximum atomic E-state index is 15.7. The molecular weight excluding hydrogens is 636 g/mol. The van der Waals surface area contributed by atoms with E-state index < -0.39 is 11.8 Å². The van der Waals surface area contributed by atoms with Crippen LogP contribution >= 0.6 is 23.2 Å². The third-order valence-electron chi connectivity index (χ3n) is 9.55. The van der Waals surface area contributed by atoms with Crippen molar-refractivity contribution in [2.45, 2.75) is 50.4 Å². The highest BCUT2D eigenvalue weighted by Gasteiger charge is 2.40. The number of anilines is 2. The summed E-state index contributed by atoms with van der Waals surface area (Å²) in [4.78, 5) is 31.7. The molecular formula is C34H34Cl2FN3O6. The number of aromatic carboxylic acids is 1. The number of amides is 1. The molecule has 3 saturated heterocycles. The Labute approximate surface area is 276 Å². The number of halogens is 3. The first kappa shape index (κ1) is 31.1. The lowest BCUT2D eigenvalue weighted by Gasteiger charge is -2.37. The summed E-state index contributed by atoms with van der Waals surface area (Å²) in [7, 11) is 1.70. The lowest BCUT2D eigenvalue weighted by molar-refractivity contribution is 0.0516. The van der Waals surface area contributed by atoms with E-state index >= 15 is 4.39 Å². The van der Waals surface area contributed by atoms with E-state index in [1.54, 1.807) is 37.4 Å². The maximum absolute atomic E-state index is 15.7. The van der Waals surface area contributed by atoms with Gasteiger partial charge in [0, 0.05) is 42.6 Å². The van der Waals surface area contributed by atoms with Crippen LogP contribution in [-0.2, 0) is 16.0 Å². The molecule has 1 N–H and O–H groups in total. The summed E-state index contributed by atoms with van der Waals surface area (Å²) in [6.07, 6.45) is 3.84. The number of carbonyl (C=O) groups excluding carboxylic acids is 1. The molecule has 3 fully saturated rings. The van der Waals surface area contributed by atoms with Gasteiger partial charge in [-0.15, -0.1) is 0 Å². The zero-order valence-corrected chi connectivity index (χ0v) is 26.8. The summed E-state index contributed by atoms with van der Waals surface area (Å²) in [5.74, 6) is -1.79. The minimum Gasteiger partial charge on any atom is -0.478 e. The van der Waals surface area contributed by atoms with Crippen molar-refractivity contribution in [2.75, 3.05) is 49.9 Å². The number of morpholine rings is 1. The van der Waals surface area contributed by atoms with E-state index in [1.165, 1.54) is 4.90 Å². The fourth-order valence-corrected chi connectivity index (χ4v) is 7.90. The second-order valence-corrected chi connectivity index (χ2v) is 13.1. The Hall–Kier alpha value is -3.57. The fraction of sp³-hybridized carbons (Fsp3) is 0.412. The van der Waals surface area contributed by atoms with Gasteiger partial charge in [0.1, 0.15) is 11.6 Å². The van der Waals surface area contributed by atoms with Crippen LogP contribution in [0.3, 0.4) is 0 Å². The first-order chi connectivity index (χ1) is 22.2. The van der Waals surface area contributed by atoms with Crippen LogP contribution < -0.4 is 14.5 Å².